The molecule has 0 spiro atoms. The van der Waals surface area contributed by atoms with Gasteiger partial charge in [-0.25, -0.2) is 0 Å². The third kappa shape index (κ3) is 3.35. The Morgan fingerprint density at radius 1 is 1.28 bits per heavy atom. The molecule has 1 saturated carbocycles. The molecule has 2 heterocycles. The van der Waals surface area contributed by atoms with Gasteiger partial charge < -0.3 is 20.3 Å². The van der Waals surface area contributed by atoms with Gasteiger partial charge in [0.15, 0.2) is 0 Å². The van der Waals surface area contributed by atoms with E-state index in [0.717, 1.165) is 30.8 Å². The predicted octanol–water partition coefficient (Wildman–Crippen LogP) is 2.33. The Labute approximate surface area is 172 Å². The molecule has 29 heavy (non-hydrogen) atoms. The van der Waals surface area contributed by atoms with E-state index in [1.54, 1.807) is 19.2 Å². The molecule has 4 atom stereocenters. The number of amides is 2. The van der Waals surface area contributed by atoms with Crippen LogP contribution in [0.3, 0.4) is 0 Å². The Bertz CT molecular complexity index is 880. The minimum atomic E-state index is -0.251. The van der Waals surface area contributed by atoms with Crippen LogP contribution in [0.25, 0.3) is 0 Å². The number of ether oxygens (including phenoxy) is 1. The number of allylic oxidation sites excluding steroid dienone is 2. The first-order chi connectivity index (χ1) is 14.0. The molecule has 1 aliphatic carbocycles. The van der Waals surface area contributed by atoms with Gasteiger partial charge in [0, 0.05) is 43.2 Å². The fraction of sp³-hybridized carbons (Fsp3) is 0.478. The summed E-state index contributed by atoms with van der Waals surface area (Å²) in [5, 5.41) is 5.85. The zero-order valence-electron chi connectivity index (χ0n) is 17.3. The predicted molar refractivity (Wildman–Crippen MR) is 112 cm³/mol. The van der Waals surface area contributed by atoms with E-state index in [0.29, 0.717) is 35.3 Å². The number of likely N-dealkylation sites (tertiary alicyclic amines) is 1. The van der Waals surface area contributed by atoms with Gasteiger partial charge in [0.1, 0.15) is 5.75 Å². The molecule has 1 aromatic carbocycles. The zero-order valence-corrected chi connectivity index (χ0v) is 17.3. The fourth-order valence-corrected chi connectivity index (χ4v) is 4.82. The fourth-order valence-electron chi connectivity index (χ4n) is 4.82. The average Bonchev–Trinajstić information content (AvgIpc) is 3.09. The molecule has 0 bridgehead atoms. The lowest BCUT2D eigenvalue weighted by atomic mass is 9.90. The molecule has 6 heteroatoms. The SMILES string of the molecule is C=C/C(=C\C)C1COc2c(C(=O)NC)cc(C(=O)NC3[C@H]4CN(CC)C[C@@H]34)cc21. The number of rotatable bonds is 6. The van der Waals surface area contributed by atoms with Crippen LogP contribution in [0.2, 0.25) is 0 Å². The molecule has 4 rings (SSSR count). The van der Waals surface area contributed by atoms with Gasteiger partial charge in [-0.05, 0) is 43.0 Å². The summed E-state index contributed by atoms with van der Waals surface area (Å²) in [4.78, 5) is 27.9. The van der Waals surface area contributed by atoms with Gasteiger partial charge in [0.05, 0.1) is 12.2 Å². The van der Waals surface area contributed by atoms with E-state index in [4.69, 9.17) is 4.74 Å². The van der Waals surface area contributed by atoms with E-state index >= 15 is 0 Å². The molecule has 2 fully saturated rings. The van der Waals surface area contributed by atoms with Crippen molar-refractivity contribution in [1.82, 2.24) is 15.5 Å². The van der Waals surface area contributed by atoms with Crippen LogP contribution in [0, 0.1) is 11.8 Å². The van der Waals surface area contributed by atoms with Crippen molar-refractivity contribution in [3.63, 3.8) is 0 Å². The van der Waals surface area contributed by atoms with Gasteiger partial charge >= 0.3 is 0 Å². The van der Waals surface area contributed by atoms with Gasteiger partial charge in [0.25, 0.3) is 11.8 Å². The van der Waals surface area contributed by atoms with Crippen LogP contribution in [0.15, 0.2) is 36.4 Å². The van der Waals surface area contributed by atoms with Crippen molar-refractivity contribution in [2.45, 2.75) is 25.8 Å². The molecule has 0 radical (unpaired) electrons. The number of hydrogen-bond acceptors (Lipinski definition) is 4. The lowest BCUT2D eigenvalue weighted by Crippen LogP contribution is -2.34. The molecular formula is C23H29N3O3. The number of carbonyl (C=O) groups excluding carboxylic acids is 2. The van der Waals surface area contributed by atoms with Gasteiger partial charge in [-0.2, -0.15) is 0 Å². The highest BCUT2D eigenvalue weighted by Gasteiger charge is 2.56. The van der Waals surface area contributed by atoms with Crippen LogP contribution in [0.1, 0.15) is 46.0 Å². The normalized spacial score (nSPS) is 27.6. The summed E-state index contributed by atoms with van der Waals surface area (Å²) in [5.41, 5.74) is 2.82. The number of carbonyl (C=O) groups is 2. The molecular weight excluding hydrogens is 366 g/mol. The van der Waals surface area contributed by atoms with E-state index in [1.165, 1.54) is 0 Å². The smallest absolute Gasteiger partial charge is 0.254 e. The maximum atomic E-state index is 13.0. The molecule has 2 unspecified atom stereocenters. The minimum absolute atomic E-state index is 0.0259. The number of hydrogen-bond donors (Lipinski definition) is 2. The van der Waals surface area contributed by atoms with Crippen molar-refractivity contribution in [2.75, 3.05) is 33.3 Å². The molecule has 1 saturated heterocycles. The summed E-state index contributed by atoms with van der Waals surface area (Å²) >= 11 is 0. The van der Waals surface area contributed by atoms with Crippen molar-refractivity contribution >= 4 is 11.8 Å². The summed E-state index contributed by atoms with van der Waals surface area (Å²) < 4.78 is 5.88. The van der Waals surface area contributed by atoms with Crippen molar-refractivity contribution in [1.29, 1.82) is 0 Å². The lowest BCUT2D eigenvalue weighted by molar-refractivity contribution is 0.0943. The van der Waals surface area contributed by atoms with Gasteiger partial charge in [0.2, 0.25) is 0 Å². The van der Waals surface area contributed by atoms with E-state index < -0.39 is 0 Å². The third-order valence-electron chi connectivity index (χ3n) is 6.61. The Morgan fingerprint density at radius 3 is 2.59 bits per heavy atom. The molecule has 3 aliphatic rings. The highest BCUT2D eigenvalue weighted by molar-refractivity contribution is 6.02. The van der Waals surface area contributed by atoms with Crippen LogP contribution >= 0.6 is 0 Å². The summed E-state index contributed by atoms with van der Waals surface area (Å²) in [6.45, 7) is 11.6. The highest BCUT2D eigenvalue weighted by atomic mass is 16.5. The number of fused-ring (bicyclic) bond motifs is 2. The Balaban J connectivity index is 1.61. The standard InChI is InChI=1S/C23H29N3O3/c1-5-13(6-2)19-12-29-21-15(19)8-14(9-16(21)23(28)24-4)22(27)25-20-17-10-26(7-3)11-18(17)20/h5-6,8-9,17-20H,1,7,10-12H2,2-4H3,(H,24,28)(H,25,27)/b13-6+/t17-,18+,19?,20?. The van der Waals surface area contributed by atoms with Crippen LogP contribution in [-0.2, 0) is 0 Å². The van der Waals surface area contributed by atoms with E-state index in [1.807, 2.05) is 19.1 Å². The first kappa shape index (κ1) is 19.7. The topological polar surface area (TPSA) is 70.7 Å². The number of nitrogens with zero attached hydrogens (tertiary/aromatic N) is 1. The van der Waals surface area contributed by atoms with Gasteiger partial charge in [-0.15, -0.1) is 0 Å². The van der Waals surface area contributed by atoms with Crippen LogP contribution < -0.4 is 15.4 Å². The van der Waals surface area contributed by atoms with Crippen molar-refractivity contribution in [3.05, 3.63) is 53.1 Å². The molecule has 154 valence electrons. The van der Waals surface area contributed by atoms with E-state index in [2.05, 4.69) is 29.0 Å². The summed E-state index contributed by atoms with van der Waals surface area (Å²) in [7, 11) is 1.58. The van der Waals surface area contributed by atoms with Crippen LogP contribution in [0.5, 0.6) is 5.75 Å². The third-order valence-corrected chi connectivity index (χ3v) is 6.61. The Morgan fingerprint density at radius 2 is 2.00 bits per heavy atom. The second-order valence-electron chi connectivity index (χ2n) is 8.06. The largest absolute Gasteiger partial charge is 0.491 e. The molecule has 2 amide bonds. The molecule has 6 nitrogen and oxygen atoms in total. The Hall–Kier alpha value is -2.60. The molecule has 2 N–H and O–H groups in total. The van der Waals surface area contributed by atoms with Crippen molar-refractivity contribution in [3.8, 4) is 5.75 Å². The highest BCUT2D eigenvalue weighted by Crippen LogP contribution is 2.46. The van der Waals surface area contributed by atoms with Crippen molar-refractivity contribution in [2.24, 2.45) is 11.8 Å². The van der Waals surface area contributed by atoms with Crippen LogP contribution in [0.4, 0.5) is 0 Å². The number of piperidine rings is 1. The number of nitrogens with one attached hydrogen (secondary N) is 2. The first-order valence-corrected chi connectivity index (χ1v) is 10.4. The van der Waals surface area contributed by atoms with E-state index in [-0.39, 0.29) is 23.8 Å². The lowest BCUT2D eigenvalue weighted by Gasteiger charge is -2.18. The minimum Gasteiger partial charge on any atom is -0.491 e. The first-order valence-electron chi connectivity index (χ1n) is 10.4. The summed E-state index contributed by atoms with van der Waals surface area (Å²) in [6, 6.07) is 3.77. The summed E-state index contributed by atoms with van der Waals surface area (Å²) in [5.74, 6) is 1.28. The molecule has 0 aromatic heterocycles. The van der Waals surface area contributed by atoms with E-state index in [9.17, 15) is 9.59 Å². The zero-order chi connectivity index (χ0) is 20.7. The maximum Gasteiger partial charge on any atom is 0.254 e. The number of benzene rings is 1. The second kappa shape index (κ2) is 7.67. The maximum absolute atomic E-state index is 13.0. The second-order valence-corrected chi connectivity index (χ2v) is 8.06. The van der Waals surface area contributed by atoms with Crippen molar-refractivity contribution < 1.29 is 14.3 Å². The Kier molecular flexibility index (Phi) is 5.21. The average molecular weight is 396 g/mol. The monoisotopic (exact) mass is 395 g/mol. The molecule has 2 aliphatic heterocycles. The van der Waals surface area contributed by atoms with Gasteiger partial charge in [-0.3, -0.25) is 9.59 Å². The summed E-state index contributed by atoms with van der Waals surface area (Å²) in [6.07, 6.45) is 3.80. The molecule has 1 aromatic rings. The van der Waals surface area contributed by atoms with Crippen LogP contribution in [-0.4, -0.2) is 56.0 Å². The van der Waals surface area contributed by atoms with Gasteiger partial charge in [-0.1, -0.05) is 25.7 Å². The quantitative estimate of drug-likeness (QED) is 0.726.